The van der Waals surface area contributed by atoms with Crippen molar-refractivity contribution in [3.63, 3.8) is 0 Å². The molecule has 0 aliphatic rings. The Hall–Kier alpha value is -2.20. The fraction of sp³-hybridized carbons (Fsp3) is 0.133. The first-order valence-corrected chi connectivity index (χ1v) is 6.33. The van der Waals surface area contributed by atoms with Gasteiger partial charge in [0.1, 0.15) is 11.5 Å². The number of phenolic OH excluding ortho intramolecular Hbond substituents is 1. The number of nitrogens with one attached hydrogen (secondary N) is 1. The Bertz CT molecular complexity index is 656. The summed E-state index contributed by atoms with van der Waals surface area (Å²) >= 11 is 5.71. The number of rotatable bonds is 3. The number of halogens is 1. The van der Waals surface area contributed by atoms with Gasteiger partial charge in [0.25, 0.3) is 5.91 Å². The lowest BCUT2D eigenvalue weighted by molar-refractivity contribution is 0.102. The number of hydrogen-bond acceptors (Lipinski definition) is 3. The average Bonchev–Trinajstić information content (AvgIpc) is 2.43. The second kappa shape index (κ2) is 5.84. The zero-order chi connectivity index (χ0) is 14.7. The molecule has 0 radical (unpaired) electrons. The van der Waals surface area contributed by atoms with Crippen LogP contribution >= 0.6 is 11.6 Å². The number of anilines is 1. The Morgan fingerprint density at radius 1 is 1.25 bits per heavy atom. The van der Waals surface area contributed by atoms with Crippen LogP contribution in [0.25, 0.3) is 0 Å². The van der Waals surface area contributed by atoms with Crippen LogP contribution in [0.1, 0.15) is 15.9 Å². The van der Waals surface area contributed by atoms with Gasteiger partial charge in [-0.1, -0.05) is 17.7 Å². The van der Waals surface area contributed by atoms with Crippen LogP contribution in [0.15, 0.2) is 36.4 Å². The van der Waals surface area contributed by atoms with Crippen molar-refractivity contribution in [2.24, 2.45) is 0 Å². The number of benzene rings is 2. The van der Waals surface area contributed by atoms with Crippen LogP contribution in [-0.2, 0) is 0 Å². The van der Waals surface area contributed by atoms with Crippen molar-refractivity contribution in [1.29, 1.82) is 0 Å². The second-order valence-corrected chi connectivity index (χ2v) is 4.71. The molecule has 0 unspecified atom stereocenters. The van der Waals surface area contributed by atoms with E-state index in [2.05, 4.69) is 5.32 Å². The minimum atomic E-state index is -0.287. The maximum Gasteiger partial charge on any atom is 0.255 e. The van der Waals surface area contributed by atoms with Crippen molar-refractivity contribution in [1.82, 2.24) is 0 Å². The molecule has 1 amide bonds. The molecule has 0 aromatic heterocycles. The first-order valence-electron chi connectivity index (χ1n) is 5.96. The Kier molecular flexibility index (Phi) is 4.15. The number of aryl methyl sites for hydroxylation is 1. The number of methoxy groups -OCH3 is 1. The molecule has 0 atom stereocenters. The van der Waals surface area contributed by atoms with E-state index in [9.17, 15) is 9.90 Å². The highest BCUT2D eigenvalue weighted by molar-refractivity contribution is 6.32. The topological polar surface area (TPSA) is 58.6 Å². The van der Waals surface area contributed by atoms with Crippen LogP contribution in [0.3, 0.4) is 0 Å². The van der Waals surface area contributed by atoms with Crippen LogP contribution in [0.5, 0.6) is 11.5 Å². The molecule has 2 aromatic rings. The Morgan fingerprint density at radius 3 is 2.65 bits per heavy atom. The molecule has 20 heavy (non-hydrogen) atoms. The van der Waals surface area contributed by atoms with Gasteiger partial charge in [0.05, 0.1) is 12.1 Å². The molecule has 0 heterocycles. The largest absolute Gasteiger partial charge is 0.506 e. The predicted molar refractivity (Wildman–Crippen MR) is 78.8 cm³/mol. The van der Waals surface area contributed by atoms with Crippen molar-refractivity contribution in [3.8, 4) is 11.5 Å². The molecule has 5 heteroatoms. The summed E-state index contributed by atoms with van der Waals surface area (Å²) in [5.41, 5.74) is 1.89. The number of phenols is 1. The molecule has 0 aliphatic heterocycles. The van der Waals surface area contributed by atoms with E-state index in [0.29, 0.717) is 17.0 Å². The van der Waals surface area contributed by atoms with E-state index in [1.165, 1.54) is 12.1 Å². The highest BCUT2D eigenvalue weighted by atomic mass is 35.5. The Morgan fingerprint density at radius 2 is 2.00 bits per heavy atom. The summed E-state index contributed by atoms with van der Waals surface area (Å²) in [4.78, 5) is 12.1. The number of carbonyl (C=O) groups is 1. The summed E-state index contributed by atoms with van der Waals surface area (Å²) in [6.07, 6.45) is 0. The van der Waals surface area contributed by atoms with Gasteiger partial charge in [0.15, 0.2) is 0 Å². The highest BCUT2D eigenvalue weighted by Crippen LogP contribution is 2.26. The van der Waals surface area contributed by atoms with E-state index >= 15 is 0 Å². The van der Waals surface area contributed by atoms with Crippen LogP contribution in [0.2, 0.25) is 5.02 Å². The minimum absolute atomic E-state index is 0.0778. The Labute approximate surface area is 122 Å². The van der Waals surface area contributed by atoms with E-state index in [4.69, 9.17) is 16.3 Å². The average molecular weight is 292 g/mol. The van der Waals surface area contributed by atoms with E-state index in [1.54, 1.807) is 25.3 Å². The fourth-order valence-electron chi connectivity index (χ4n) is 1.75. The van der Waals surface area contributed by atoms with Crippen LogP contribution in [0.4, 0.5) is 5.69 Å². The van der Waals surface area contributed by atoms with E-state index < -0.39 is 0 Å². The summed E-state index contributed by atoms with van der Waals surface area (Å²) in [6.45, 7) is 1.90. The van der Waals surface area contributed by atoms with Gasteiger partial charge in [0, 0.05) is 17.3 Å². The number of ether oxygens (including phenoxy) is 1. The monoisotopic (exact) mass is 291 g/mol. The number of amides is 1. The molecule has 0 spiro atoms. The van der Waals surface area contributed by atoms with Crippen LogP contribution < -0.4 is 10.1 Å². The third-order valence-corrected chi connectivity index (χ3v) is 3.19. The third-order valence-electron chi connectivity index (χ3n) is 2.87. The maximum atomic E-state index is 12.1. The molecular formula is C15H14ClNO3. The smallest absolute Gasteiger partial charge is 0.255 e. The molecule has 0 aliphatic carbocycles. The molecule has 0 saturated heterocycles. The molecule has 4 nitrogen and oxygen atoms in total. The zero-order valence-corrected chi connectivity index (χ0v) is 11.9. The van der Waals surface area contributed by atoms with Gasteiger partial charge in [-0.15, -0.1) is 0 Å². The summed E-state index contributed by atoms with van der Waals surface area (Å²) < 4.78 is 5.18. The van der Waals surface area contributed by atoms with Crippen molar-refractivity contribution >= 4 is 23.2 Å². The molecule has 2 N–H and O–H groups in total. The van der Waals surface area contributed by atoms with Crippen molar-refractivity contribution in [3.05, 3.63) is 52.5 Å². The summed E-state index contributed by atoms with van der Waals surface area (Å²) in [6, 6.07) is 9.72. The normalized spacial score (nSPS) is 10.2. The summed E-state index contributed by atoms with van der Waals surface area (Å²) in [7, 11) is 1.56. The van der Waals surface area contributed by atoms with Gasteiger partial charge in [-0.3, -0.25) is 4.79 Å². The predicted octanol–water partition coefficient (Wildman–Crippen LogP) is 3.61. The minimum Gasteiger partial charge on any atom is -0.506 e. The zero-order valence-electron chi connectivity index (χ0n) is 11.1. The molecule has 0 saturated carbocycles. The molecule has 2 rings (SSSR count). The molecular weight excluding hydrogens is 278 g/mol. The highest BCUT2D eigenvalue weighted by Gasteiger charge is 2.10. The molecule has 0 bridgehead atoms. The molecule has 0 fully saturated rings. The lowest BCUT2D eigenvalue weighted by Crippen LogP contribution is -2.12. The van der Waals surface area contributed by atoms with Gasteiger partial charge in [-0.2, -0.15) is 0 Å². The van der Waals surface area contributed by atoms with Gasteiger partial charge < -0.3 is 15.2 Å². The maximum absolute atomic E-state index is 12.1. The quantitative estimate of drug-likeness (QED) is 0.908. The fourth-order valence-corrected chi connectivity index (χ4v) is 1.87. The lowest BCUT2D eigenvalue weighted by Gasteiger charge is -2.09. The first-order chi connectivity index (χ1) is 9.51. The van der Waals surface area contributed by atoms with Gasteiger partial charge in [0.2, 0.25) is 0 Å². The SMILES string of the molecule is COc1cc(C(=O)Nc2ccc(Cl)c(O)c2)ccc1C. The van der Waals surface area contributed by atoms with E-state index in [0.717, 1.165) is 5.56 Å². The van der Waals surface area contributed by atoms with E-state index in [-0.39, 0.29) is 16.7 Å². The van der Waals surface area contributed by atoms with Gasteiger partial charge >= 0.3 is 0 Å². The van der Waals surface area contributed by atoms with Gasteiger partial charge in [-0.25, -0.2) is 0 Å². The Balaban J connectivity index is 2.21. The van der Waals surface area contributed by atoms with Crippen molar-refractivity contribution in [2.75, 3.05) is 12.4 Å². The van der Waals surface area contributed by atoms with Crippen molar-refractivity contribution < 1.29 is 14.6 Å². The summed E-state index contributed by atoms with van der Waals surface area (Å²) in [5, 5.41) is 12.4. The second-order valence-electron chi connectivity index (χ2n) is 4.30. The standard InChI is InChI=1S/C15H14ClNO3/c1-9-3-4-10(7-14(9)20-2)15(19)17-11-5-6-12(16)13(18)8-11/h3-8,18H,1-2H3,(H,17,19). The van der Waals surface area contributed by atoms with Gasteiger partial charge in [-0.05, 0) is 36.8 Å². The van der Waals surface area contributed by atoms with E-state index in [1.807, 2.05) is 13.0 Å². The molecule has 104 valence electrons. The molecule has 2 aromatic carbocycles. The summed E-state index contributed by atoms with van der Waals surface area (Å²) in [5.74, 6) is 0.285. The van der Waals surface area contributed by atoms with Crippen LogP contribution in [-0.4, -0.2) is 18.1 Å². The van der Waals surface area contributed by atoms with Crippen LogP contribution in [0, 0.1) is 6.92 Å². The first kappa shape index (κ1) is 14.2. The number of carbonyl (C=O) groups excluding carboxylic acids is 1. The van der Waals surface area contributed by atoms with Crippen molar-refractivity contribution in [2.45, 2.75) is 6.92 Å². The lowest BCUT2D eigenvalue weighted by atomic mass is 10.1. The number of aromatic hydroxyl groups is 1. The number of hydrogen-bond donors (Lipinski definition) is 2. The third kappa shape index (κ3) is 3.03.